The SMILES string of the molecule is CCCNCc1cn(Cc2cc(Cl)ccc2[N+](=O)[O-])cn1. The molecule has 21 heavy (non-hydrogen) atoms. The first-order chi connectivity index (χ1) is 10.1. The monoisotopic (exact) mass is 308 g/mol. The van der Waals surface area contributed by atoms with Crippen molar-refractivity contribution >= 4 is 17.3 Å². The Kier molecular flexibility index (Phi) is 5.30. The first kappa shape index (κ1) is 15.5. The van der Waals surface area contributed by atoms with Crippen LogP contribution in [0.1, 0.15) is 24.6 Å². The molecular formula is C14H17ClN4O2. The van der Waals surface area contributed by atoms with E-state index in [-0.39, 0.29) is 5.69 Å². The van der Waals surface area contributed by atoms with Gasteiger partial charge in [0.15, 0.2) is 0 Å². The van der Waals surface area contributed by atoms with E-state index in [4.69, 9.17) is 11.6 Å². The zero-order valence-electron chi connectivity index (χ0n) is 11.8. The summed E-state index contributed by atoms with van der Waals surface area (Å²) in [6, 6.07) is 4.57. The fourth-order valence-corrected chi connectivity index (χ4v) is 2.23. The second-order valence-electron chi connectivity index (χ2n) is 4.74. The van der Waals surface area contributed by atoms with E-state index < -0.39 is 4.92 Å². The van der Waals surface area contributed by atoms with E-state index in [0.717, 1.165) is 18.7 Å². The van der Waals surface area contributed by atoms with Crippen molar-refractivity contribution in [2.75, 3.05) is 6.54 Å². The minimum atomic E-state index is -0.397. The van der Waals surface area contributed by atoms with Crippen molar-refractivity contribution in [3.63, 3.8) is 0 Å². The predicted octanol–water partition coefficient (Wildman–Crippen LogP) is 2.99. The van der Waals surface area contributed by atoms with Crippen LogP contribution in [-0.4, -0.2) is 21.0 Å². The Hall–Kier alpha value is -1.92. The van der Waals surface area contributed by atoms with Gasteiger partial charge >= 0.3 is 0 Å². The van der Waals surface area contributed by atoms with Gasteiger partial charge in [-0.2, -0.15) is 0 Å². The molecule has 0 atom stereocenters. The summed E-state index contributed by atoms with van der Waals surface area (Å²) in [5.41, 5.74) is 1.55. The molecule has 7 heteroatoms. The van der Waals surface area contributed by atoms with Crippen LogP contribution < -0.4 is 5.32 Å². The molecular weight excluding hydrogens is 292 g/mol. The second-order valence-corrected chi connectivity index (χ2v) is 5.18. The molecule has 0 saturated heterocycles. The molecule has 1 aromatic carbocycles. The number of nitro benzene ring substituents is 1. The Morgan fingerprint density at radius 2 is 2.29 bits per heavy atom. The van der Waals surface area contributed by atoms with Gasteiger partial charge < -0.3 is 9.88 Å². The Bertz CT molecular complexity index is 627. The molecule has 0 aliphatic rings. The van der Waals surface area contributed by atoms with Gasteiger partial charge in [0.1, 0.15) is 0 Å². The smallest absolute Gasteiger partial charge is 0.274 e. The number of aromatic nitrogens is 2. The molecule has 6 nitrogen and oxygen atoms in total. The van der Waals surface area contributed by atoms with E-state index in [1.54, 1.807) is 12.4 Å². The van der Waals surface area contributed by atoms with Crippen molar-refractivity contribution in [2.45, 2.75) is 26.4 Å². The van der Waals surface area contributed by atoms with Crippen LogP contribution in [0.2, 0.25) is 5.02 Å². The van der Waals surface area contributed by atoms with E-state index in [1.807, 2.05) is 10.8 Å². The number of imidazole rings is 1. The Morgan fingerprint density at radius 3 is 3.00 bits per heavy atom. The van der Waals surface area contributed by atoms with Gasteiger partial charge in [0, 0.05) is 23.8 Å². The van der Waals surface area contributed by atoms with Crippen molar-refractivity contribution in [1.29, 1.82) is 0 Å². The number of nitro groups is 1. The molecule has 0 spiro atoms. The third kappa shape index (κ3) is 4.27. The summed E-state index contributed by atoms with van der Waals surface area (Å²) < 4.78 is 1.82. The van der Waals surface area contributed by atoms with Crippen molar-refractivity contribution in [2.24, 2.45) is 0 Å². The molecule has 1 aromatic heterocycles. The first-order valence-electron chi connectivity index (χ1n) is 6.74. The third-order valence-corrected chi connectivity index (χ3v) is 3.25. The number of benzene rings is 1. The summed E-state index contributed by atoms with van der Waals surface area (Å²) >= 11 is 5.92. The zero-order chi connectivity index (χ0) is 15.2. The number of rotatable bonds is 7. The standard InChI is InChI=1S/C14H17ClN4O2/c1-2-5-16-7-13-9-18(10-17-13)8-11-6-12(15)3-4-14(11)19(20)21/h3-4,6,9-10,16H,2,5,7-8H2,1H3. The predicted molar refractivity (Wildman–Crippen MR) is 81.4 cm³/mol. The average Bonchev–Trinajstić information content (AvgIpc) is 2.86. The quantitative estimate of drug-likeness (QED) is 0.485. The third-order valence-electron chi connectivity index (χ3n) is 3.01. The minimum absolute atomic E-state index is 0.0683. The van der Waals surface area contributed by atoms with Crippen molar-refractivity contribution in [1.82, 2.24) is 14.9 Å². The van der Waals surface area contributed by atoms with Crippen molar-refractivity contribution < 1.29 is 4.92 Å². The highest BCUT2D eigenvalue weighted by molar-refractivity contribution is 6.30. The molecule has 1 heterocycles. The number of hydrogen-bond donors (Lipinski definition) is 1. The summed E-state index contributed by atoms with van der Waals surface area (Å²) in [5.74, 6) is 0. The van der Waals surface area contributed by atoms with Crippen LogP contribution in [0.3, 0.4) is 0 Å². The lowest BCUT2D eigenvalue weighted by Gasteiger charge is -2.04. The Balaban J connectivity index is 2.11. The minimum Gasteiger partial charge on any atom is -0.332 e. The molecule has 0 aliphatic carbocycles. The molecule has 0 aliphatic heterocycles. The van der Waals surface area contributed by atoms with Gasteiger partial charge in [0.05, 0.1) is 29.1 Å². The van der Waals surface area contributed by atoms with Crippen molar-refractivity contribution in [3.8, 4) is 0 Å². The van der Waals surface area contributed by atoms with Crippen LogP contribution in [0.4, 0.5) is 5.69 Å². The molecule has 0 unspecified atom stereocenters. The van der Waals surface area contributed by atoms with Gasteiger partial charge in [-0.15, -0.1) is 0 Å². The summed E-state index contributed by atoms with van der Waals surface area (Å²) in [7, 11) is 0. The van der Waals surface area contributed by atoms with Crippen LogP contribution in [-0.2, 0) is 13.1 Å². The lowest BCUT2D eigenvalue weighted by Crippen LogP contribution is -2.13. The molecule has 2 aromatic rings. The largest absolute Gasteiger partial charge is 0.332 e. The summed E-state index contributed by atoms with van der Waals surface area (Å²) in [4.78, 5) is 14.9. The molecule has 0 radical (unpaired) electrons. The maximum Gasteiger partial charge on any atom is 0.274 e. The second kappa shape index (κ2) is 7.19. The highest BCUT2D eigenvalue weighted by atomic mass is 35.5. The molecule has 1 N–H and O–H groups in total. The van der Waals surface area contributed by atoms with Gasteiger partial charge in [0.2, 0.25) is 0 Å². The maximum atomic E-state index is 11.0. The fraction of sp³-hybridized carbons (Fsp3) is 0.357. The van der Waals surface area contributed by atoms with Gasteiger partial charge in [-0.1, -0.05) is 18.5 Å². The van der Waals surface area contributed by atoms with E-state index in [9.17, 15) is 10.1 Å². The molecule has 112 valence electrons. The van der Waals surface area contributed by atoms with Gasteiger partial charge in [0.25, 0.3) is 5.69 Å². The van der Waals surface area contributed by atoms with Crippen LogP contribution in [0, 0.1) is 10.1 Å². The highest BCUT2D eigenvalue weighted by Crippen LogP contribution is 2.23. The summed E-state index contributed by atoms with van der Waals surface area (Å²) in [6.07, 6.45) is 4.62. The van der Waals surface area contributed by atoms with Crippen LogP contribution in [0.5, 0.6) is 0 Å². The van der Waals surface area contributed by atoms with Crippen LogP contribution in [0.15, 0.2) is 30.7 Å². The summed E-state index contributed by atoms with van der Waals surface area (Å²) in [6.45, 7) is 4.10. The number of nitrogens with one attached hydrogen (secondary N) is 1. The number of hydrogen-bond acceptors (Lipinski definition) is 4. The van der Waals surface area contributed by atoms with E-state index in [2.05, 4.69) is 17.2 Å². The van der Waals surface area contributed by atoms with E-state index in [0.29, 0.717) is 23.7 Å². The van der Waals surface area contributed by atoms with Gasteiger partial charge in [-0.25, -0.2) is 4.98 Å². The average molecular weight is 309 g/mol. The number of nitrogens with zero attached hydrogens (tertiary/aromatic N) is 3. The van der Waals surface area contributed by atoms with E-state index >= 15 is 0 Å². The lowest BCUT2D eigenvalue weighted by molar-refractivity contribution is -0.385. The highest BCUT2D eigenvalue weighted by Gasteiger charge is 2.14. The molecule has 0 amide bonds. The van der Waals surface area contributed by atoms with Crippen LogP contribution >= 0.6 is 11.6 Å². The number of halogens is 1. The maximum absolute atomic E-state index is 11.0. The first-order valence-corrected chi connectivity index (χ1v) is 7.12. The molecule has 0 bridgehead atoms. The molecule has 0 saturated carbocycles. The van der Waals surface area contributed by atoms with Crippen LogP contribution in [0.25, 0.3) is 0 Å². The normalized spacial score (nSPS) is 10.8. The van der Waals surface area contributed by atoms with Gasteiger partial charge in [-0.3, -0.25) is 10.1 Å². The fourth-order valence-electron chi connectivity index (χ4n) is 2.03. The molecule has 2 rings (SSSR count). The summed E-state index contributed by atoms with van der Waals surface area (Å²) in [5, 5.41) is 14.8. The lowest BCUT2D eigenvalue weighted by atomic mass is 10.2. The topological polar surface area (TPSA) is 73.0 Å². The van der Waals surface area contributed by atoms with Gasteiger partial charge in [-0.05, 0) is 25.1 Å². The zero-order valence-corrected chi connectivity index (χ0v) is 12.5. The molecule has 0 fully saturated rings. The Morgan fingerprint density at radius 1 is 1.48 bits per heavy atom. The van der Waals surface area contributed by atoms with Crippen molar-refractivity contribution in [3.05, 3.63) is 57.1 Å². The van der Waals surface area contributed by atoms with E-state index in [1.165, 1.54) is 12.1 Å². The Labute approximate surface area is 127 Å².